The second-order valence-electron chi connectivity index (χ2n) is 6.27. The smallest absolute Gasteiger partial charge is 0.238 e. The number of nitrogens with two attached hydrogens (primary N) is 1. The Morgan fingerprint density at radius 2 is 1.90 bits per heavy atom. The maximum absolute atomic E-state index is 11.3. The Hall–Kier alpha value is -0.590. The average molecular weight is 361 g/mol. The molecule has 0 bridgehead atoms. The molecule has 1 aromatic carbocycles. The molecular weight excluding hydrogens is 340 g/mol. The minimum absolute atomic E-state index is 0.125. The Kier molecular flexibility index (Phi) is 4.47. The van der Waals surface area contributed by atoms with E-state index in [1.807, 2.05) is 0 Å². The summed E-state index contributed by atoms with van der Waals surface area (Å²) < 4.78 is 23.3. The van der Waals surface area contributed by atoms with E-state index in [-0.39, 0.29) is 4.90 Å². The number of anilines is 1. The van der Waals surface area contributed by atoms with E-state index >= 15 is 0 Å². The van der Waals surface area contributed by atoms with E-state index in [1.54, 1.807) is 12.1 Å². The first-order valence-corrected chi connectivity index (χ1v) is 9.10. The molecule has 0 amide bonds. The molecule has 0 unspecified atom stereocenters. The Balaban J connectivity index is 2.08. The minimum Gasteiger partial charge on any atom is -0.381 e. The van der Waals surface area contributed by atoms with Crippen LogP contribution in [-0.2, 0) is 10.0 Å². The van der Waals surface area contributed by atoms with Crippen molar-refractivity contribution >= 4 is 31.6 Å². The summed E-state index contributed by atoms with van der Waals surface area (Å²) >= 11 is 3.41. The molecule has 1 aliphatic rings. The van der Waals surface area contributed by atoms with Gasteiger partial charge in [-0.05, 0) is 65.2 Å². The maximum Gasteiger partial charge on any atom is 0.238 e. The lowest BCUT2D eigenvalue weighted by molar-refractivity contribution is 0.232. The highest BCUT2D eigenvalue weighted by molar-refractivity contribution is 9.10. The van der Waals surface area contributed by atoms with Gasteiger partial charge in [-0.2, -0.15) is 0 Å². The van der Waals surface area contributed by atoms with Crippen LogP contribution in [0, 0.1) is 5.41 Å². The molecule has 0 atom stereocenters. The molecule has 3 N–H and O–H groups in total. The highest BCUT2D eigenvalue weighted by atomic mass is 79.9. The van der Waals surface area contributed by atoms with E-state index in [1.165, 1.54) is 18.9 Å². The van der Waals surface area contributed by atoms with E-state index in [4.69, 9.17) is 5.14 Å². The van der Waals surface area contributed by atoms with Crippen molar-refractivity contribution in [2.24, 2.45) is 10.6 Å². The Bertz CT molecular complexity index is 589. The summed E-state index contributed by atoms with van der Waals surface area (Å²) in [7, 11) is -3.65. The number of halogens is 1. The SMILES string of the molecule is CC1(C)CCC(Nc2ccc(S(N)(=O)=O)cc2Br)CC1. The molecule has 0 saturated heterocycles. The van der Waals surface area contributed by atoms with Crippen molar-refractivity contribution in [3.63, 3.8) is 0 Å². The van der Waals surface area contributed by atoms with Crippen molar-refractivity contribution < 1.29 is 8.42 Å². The van der Waals surface area contributed by atoms with E-state index in [0.717, 1.165) is 23.0 Å². The first-order chi connectivity index (χ1) is 9.17. The molecule has 112 valence electrons. The fourth-order valence-electron chi connectivity index (χ4n) is 2.55. The fraction of sp³-hybridized carbons (Fsp3) is 0.571. The molecule has 0 aromatic heterocycles. The number of hydrogen-bond donors (Lipinski definition) is 2. The van der Waals surface area contributed by atoms with Gasteiger partial charge in [0, 0.05) is 16.2 Å². The summed E-state index contributed by atoms with van der Waals surface area (Å²) in [6.45, 7) is 4.61. The number of nitrogens with one attached hydrogen (secondary N) is 1. The number of benzene rings is 1. The highest BCUT2D eigenvalue weighted by Gasteiger charge is 2.26. The quantitative estimate of drug-likeness (QED) is 0.866. The second kappa shape index (κ2) is 5.66. The van der Waals surface area contributed by atoms with E-state index in [9.17, 15) is 8.42 Å². The monoisotopic (exact) mass is 360 g/mol. The summed E-state index contributed by atoms with van der Waals surface area (Å²) in [6.07, 6.45) is 4.68. The van der Waals surface area contributed by atoms with Gasteiger partial charge in [0.05, 0.1) is 4.90 Å². The van der Waals surface area contributed by atoms with Gasteiger partial charge in [0.2, 0.25) is 10.0 Å². The molecule has 0 spiro atoms. The molecule has 0 aliphatic heterocycles. The van der Waals surface area contributed by atoms with Crippen LogP contribution in [0.25, 0.3) is 0 Å². The van der Waals surface area contributed by atoms with Crippen molar-refractivity contribution in [2.75, 3.05) is 5.32 Å². The molecule has 6 heteroatoms. The van der Waals surface area contributed by atoms with Gasteiger partial charge in [0.15, 0.2) is 0 Å². The third-order valence-corrected chi connectivity index (χ3v) is 5.53. The van der Waals surface area contributed by atoms with Gasteiger partial charge in [-0.15, -0.1) is 0 Å². The molecule has 2 rings (SSSR count). The zero-order valence-electron chi connectivity index (χ0n) is 11.8. The molecule has 0 radical (unpaired) electrons. The summed E-state index contributed by atoms with van der Waals surface area (Å²) in [5.74, 6) is 0. The Morgan fingerprint density at radius 3 is 2.40 bits per heavy atom. The normalized spacial score (nSPS) is 19.8. The lowest BCUT2D eigenvalue weighted by Crippen LogP contribution is -2.30. The third-order valence-electron chi connectivity index (χ3n) is 3.97. The van der Waals surface area contributed by atoms with Crippen molar-refractivity contribution in [2.45, 2.75) is 50.5 Å². The van der Waals surface area contributed by atoms with Gasteiger partial charge in [0.1, 0.15) is 0 Å². The number of rotatable bonds is 3. The largest absolute Gasteiger partial charge is 0.381 e. The minimum atomic E-state index is -3.65. The third kappa shape index (κ3) is 3.96. The van der Waals surface area contributed by atoms with Gasteiger partial charge >= 0.3 is 0 Å². The van der Waals surface area contributed by atoms with Gasteiger partial charge < -0.3 is 5.32 Å². The number of hydrogen-bond acceptors (Lipinski definition) is 3. The van der Waals surface area contributed by atoms with Gasteiger partial charge in [-0.1, -0.05) is 13.8 Å². The van der Waals surface area contributed by atoms with Crippen LogP contribution in [0.1, 0.15) is 39.5 Å². The molecule has 1 aliphatic carbocycles. The Labute approximate surface area is 129 Å². The molecule has 20 heavy (non-hydrogen) atoms. The predicted octanol–water partition coefficient (Wildman–Crippen LogP) is 3.48. The Morgan fingerprint density at radius 1 is 1.30 bits per heavy atom. The molecule has 4 nitrogen and oxygen atoms in total. The lowest BCUT2D eigenvalue weighted by Gasteiger charge is -2.35. The zero-order chi connectivity index (χ0) is 15.0. The van der Waals surface area contributed by atoms with Crippen LogP contribution in [0.15, 0.2) is 27.6 Å². The second-order valence-corrected chi connectivity index (χ2v) is 8.69. The van der Waals surface area contributed by atoms with Gasteiger partial charge in [-0.3, -0.25) is 0 Å². The van der Waals surface area contributed by atoms with Crippen molar-refractivity contribution in [1.82, 2.24) is 0 Å². The van der Waals surface area contributed by atoms with Crippen LogP contribution < -0.4 is 10.5 Å². The van der Waals surface area contributed by atoms with Crippen molar-refractivity contribution in [3.05, 3.63) is 22.7 Å². The van der Waals surface area contributed by atoms with Gasteiger partial charge in [0.25, 0.3) is 0 Å². The zero-order valence-corrected chi connectivity index (χ0v) is 14.2. The van der Waals surface area contributed by atoms with E-state index in [2.05, 4.69) is 35.1 Å². The highest BCUT2D eigenvalue weighted by Crippen LogP contribution is 2.37. The van der Waals surface area contributed by atoms with Crippen LogP contribution in [0.4, 0.5) is 5.69 Å². The maximum atomic E-state index is 11.3. The van der Waals surface area contributed by atoms with Crippen LogP contribution in [-0.4, -0.2) is 14.5 Å². The average Bonchev–Trinajstić information content (AvgIpc) is 2.33. The van der Waals surface area contributed by atoms with Crippen LogP contribution in [0.2, 0.25) is 0 Å². The first-order valence-electron chi connectivity index (χ1n) is 6.76. The predicted molar refractivity (Wildman–Crippen MR) is 85.2 cm³/mol. The van der Waals surface area contributed by atoms with Crippen molar-refractivity contribution in [3.8, 4) is 0 Å². The molecule has 1 saturated carbocycles. The first kappa shape index (κ1) is 15.8. The topological polar surface area (TPSA) is 72.2 Å². The van der Waals surface area contributed by atoms with Crippen LogP contribution >= 0.6 is 15.9 Å². The summed E-state index contributed by atoms with van der Waals surface area (Å²) in [5, 5.41) is 8.60. The van der Waals surface area contributed by atoms with E-state index < -0.39 is 10.0 Å². The molecular formula is C14H21BrN2O2S. The van der Waals surface area contributed by atoms with Crippen LogP contribution in [0.5, 0.6) is 0 Å². The standard InChI is InChI=1S/C14H21BrN2O2S/c1-14(2)7-5-10(6-8-14)17-13-4-3-11(9-12(13)15)20(16,18)19/h3-4,9-10,17H,5-8H2,1-2H3,(H2,16,18,19). The molecule has 0 heterocycles. The van der Waals surface area contributed by atoms with E-state index in [0.29, 0.717) is 11.5 Å². The van der Waals surface area contributed by atoms with Gasteiger partial charge in [-0.25, -0.2) is 13.6 Å². The number of sulfonamides is 1. The lowest BCUT2D eigenvalue weighted by atomic mass is 9.75. The van der Waals surface area contributed by atoms with Crippen molar-refractivity contribution in [1.29, 1.82) is 0 Å². The molecule has 1 aromatic rings. The summed E-state index contributed by atoms with van der Waals surface area (Å²) in [6, 6.07) is 5.29. The summed E-state index contributed by atoms with van der Waals surface area (Å²) in [4.78, 5) is 0.125. The molecule has 1 fully saturated rings. The number of primary sulfonamides is 1. The van der Waals surface area contributed by atoms with Crippen LogP contribution in [0.3, 0.4) is 0 Å². The summed E-state index contributed by atoms with van der Waals surface area (Å²) in [5.41, 5.74) is 1.36. The fourth-order valence-corrected chi connectivity index (χ4v) is 3.74.